The highest BCUT2D eigenvalue weighted by atomic mass is 19.3. The fraction of sp³-hybridized carbons (Fsp3) is 0.900. The number of hydrogen-bond acceptors (Lipinski definition) is 3. The lowest BCUT2D eigenvalue weighted by Gasteiger charge is -2.22. The molecule has 16 heavy (non-hydrogen) atoms. The van der Waals surface area contributed by atoms with Gasteiger partial charge in [-0.25, -0.2) is 14.3 Å². The van der Waals surface area contributed by atoms with E-state index in [1.165, 1.54) is 0 Å². The van der Waals surface area contributed by atoms with Gasteiger partial charge in [0, 0.05) is 13.0 Å². The Kier molecular flexibility index (Phi) is 6.25. The molecule has 1 aliphatic rings. The van der Waals surface area contributed by atoms with Gasteiger partial charge in [-0.1, -0.05) is 0 Å². The zero-order valence-electron chi connectivity index (χ0n) is 9.09. The third kappa shape index (κ3) is 5.97. The lowest BCUT2D eigenvalue weighted by molar-refractivity contribution is -0.137. The number of hydroxylamine groups is 1. The molecule has 0 aromatic carbocycles. The third-order valence-electron chi connectivity index (χ3n) is 2.36. The van der Waals surface area contributed by atoms with Gasteiger partial charge < -0.3 is 4.74 Å². The fourth-order valence-corrected chi connectivity index (χ4v) is 1.56. The van der Waals surface area contributed by atoms with Gasteiger partial charge in [0.25, 0.3) is 6.43 Å². The van der Waals surface area contributed by atoms with Crippen LogP contribution in [-0.4, -0.2) is 31.7 Å². The van der Waals surface area contributed by atoms with Crippen molar-refractivity contribution in [3.8, 4) is 0 Å². The van der Waals surface area contributed by atoms with E-state index in [2.05, 4.69) is 4.84 Å². The van der Waals surface area contributed by atoms with Crippen LogP contribution in [0.25, 0.3) is 0 Å². The molecule has 0 aromatic rings. The Morgan fingerprint density at radius 1 is 1.50 bits per heavy atom. The zero-order chi connectivity index (χ0) is 11.8. The summed E-state index contributed by atoms with van der Waals surface area (Å²) in [5.74, 6) is -0.380. The molecule has 1 heterocycles. The first-order valence-corrected chi connectivity index (χ1v) is 5.49. The molecule has 6 heteroatoms. The fourth-order valence-electron chi connectivity index (χ4n) is 1.56. The van der Waals surface area contributed by atoms with Crippen LogP contribution in [0, 0.1) is 0 Å². The van der Waals surface area contributed by atoms with E-state index in [9.17, 15) is 13.6 Å². The smallest absolute Gasteiger partial charge is 0.264 e. The molecule has 0 saturated carbocycles. The largest absolute Gasteiger partial charge is 0.378 e. The summed E-state index contributed by atoms with van der Waals surface area (Å²) in [5, 5.41) is 0. The Morgan fingerprint density at radius 2 is 2.31 bits per heavy atom. The van der Waals surface area contributed by atoms with Crippen molar-refractivity contribution in [3.05, 3.63) is 0 Å². The number of halogens is 2. The second kappa shape index (κ2) is 7.51. The van der Waals surface area contributed by atoms with Crippen LogP contribution in [0.3, 0.4) is 0 Å². The van der Waals surface area contributed by atoms with Gasteiger partial charge in [0.1, 0.15) is 6.61 Å². The van der Waals surface area contributed by atoms with Gasteiger partial charge in [0.05, 0.1) is 6.10 Å². The molecule has 1 fully saturated rings. The summed E-state index contributed by atoms with van der Waals surface area (Å²) in [6.07, 6.45) is 1.56. The van der Waals surface area contributed by atoms with E-state index in [1.807, 2.05) is 5.48 Å². The predicted octanol–water partition coefficient (Wildman–Crippen LogP) is 1.65. The van der Waals surface area contributed by atoms with Crippen molar-refractivity contribution in [1.82, 2.24) is 5.48 Å². The first-order chi connectivity index (χ1) is 7.68. The van der Waals surface area contributed by atoms with Crippen LogP contribution >= 0.6 is 0 Å². The molecule has 94 valence electrons. The minimum atomic E-state index is -2.57. The second-order valence-electron chi connectivity index (χ2n) is 3.75. The number of amides is 1. The Balaban J connectivity index is 2.00. The van der Waals surface area contributed by atoms with Gasteiger partial charge in [0.2, 0.25) is 5.91 Å². The summed E-state index contributed by atoms with van der Waals surface area (Å²) in [6, 6.07) is 0. The first kappa shape index (κ1) is 13.3. The quantitative estimate of drug-likeness (QED) is 0.714. The van der Waals surface area contributed by atoms with E-state index in [0.29, 0.717) is 6.42 Å². The number of carbonyl (C=O) groups is 1. The van der Waals surface area contributed by atoms with Crippen LogP contribution in [0.1, 0.15) is 32.1 Å². The molecule has 0 radical (unpaired) electrons. The van der Waals surface area contributed by atoms with Crippen LogP contribution in [0.5, 0.6) is 0 Å². The summed E-state index contributed by atoms with van der Waals surface area (Å²) in [6.45, 7) is -0.0279. The molecule has 4 nitrogen and oxygen atoms in total. The molecular weight excluding hydrogens is 220 g/mol. The molecule has 0 aromatic heterocycles. The van der Waals surface area contributed by atoms with Crippen molar-refractivity contribution < 1.29 is 23.1 Å². The number of hydrogen-bond donors (Lipinski definition) is 1. The van der Waals surface area contributed by atoms with E-state index in [1.54, 1.807) is 0 Å². The molecule has 0 bridgehead atoms. The maximum Gasteiger partial charge on any atom is 0.264 e. The molecule has 1 aliphatic heterocycles. The Morgan fingerprint density at radius 3 is 2.94 bits per heavy atom. The number of nitrogens with one attached hydrogen (secondary N) is 1. The molecular formula is C10H17F2NO3. The lowest BCUT2D eigenvalue weighted by Crippen LogP contribution is -2.28. The molecule has 1 N–H and O–H groups in total. The number of carbonyl (C=O) groups excluding carboxylic acids is 1. The number of alkyl halides is 2. The molecule has 1 amide bonds. The molecule has 0 aliphatic carbocycles. The monoisotopic (exact) mass is 237 g/mol. The summed E-state index contributed by atoms with van der Waals surface area (Å²) in [4.78, 5) is 15.4. The molecule has 0 spiro atoms. The van der Waals surface area contributed by atoms with Crippen LogP contribution in [0.4, 0.5) is 8.78 Å². The average Bonchev–Trinajstić information content (AvgIpc) is 2.27. The first-order valence-electron chi connectivity index (χ1n) is 5.49. The van der Waals surface area contributed by atoms with E-state index in [-0.39, 0.29) is 18.4 Å². The Hall–Kier alpha value is -0.750. The molecule has 1 saturated heterocycles. The molecule has 0 unspecified atom stereocenters. The number of ether oxygens (including phenoxy) is 1. The maximum atomic E-state index is 11.7. The minimum absolute atomic E-state index is 0.120. The van der Waals surface area contributed by atoms with E-state index in [4.69, 9.17) is 4.74 Å². The van der Waals surface area contributed by atoms with Gasteiger partial charge >= 0.3 is 0 Å². The standard InChI is InChI=1S/C10H17F2NO3/c11-9(12)7-16-13-10(14)5-4-8-3-1-2-6-15-8/h8-9H,1-7H2,(H,13,14)/t8-/m1/s1. The molecule has 1 rings (SSSR count). The summed E-state index contributed by atoms with van der Waals surface area (Å²) in [5.41, 5.74) is 1.98. The summed E-state index contributed by atoms with van der Waals surface area (Å²) < 4.78 is 28.8. The van der Waals surface area contributed by atoms with Gasteiger partial charge in [-0.2, -0.15) is 0 Å². The zero-order valence-corrected chi connectivity index (χ0v) is 9.09. The number of rotatable bonds is 6. The van der Waals surface area contributed by atoms with Crippen molar-refractivity contribution in [3.63, 3.8) is 0 Å². The van der Waals surface area contributed by atoms with Crippen molar-refractivity contribution >= 4 is 5.91 Å². The highest BCUT2D eigenvalue weighted by Crippen LogP contribution is 2.16. The van der Waals surface area contributed by atoms with Gasteiger partial charge in [0.15, 0.2) is 0 Å². The normalized spacial score (nSPS) is 21.1. The predicted molar refractivity (Wildman–Crippen MR) is 52.9 cm³/mol. The summed E-state index contributed by atoms with van der Waals surface area (Å²) in [7, 11) is 0. The SMILES string of the molecule is O=C(CC[C@H]1CCCCO1)NOCC(F)F. The minimum Gasteiger partial charge on any atom is -0.378 e. The Labute approximate surface area is 93.2 Å². The van der Waals surface area contributed by atoms with E-state index < -0.39 is 13.0 Å². The second-order valence-corrected chi connectivity index (χ2v) is 3.75. The van der Waals surface area contributed by atoms with Gasteiger partial charge in [-0.05, 0) is 25.7 Å². The van der Waals surface area contributed by atoms with Crippen molar-refractivity contribution in [1.29, 1.82) is 0 Å². The van der Waals surface area contributed by atoms with Crippen LogP contribution < -0.4 is 5.48 Å². The topological polar surface area (TPSA) is 47.6 Å². The highest BCUT2D eigenvalue weighted by Gasteiger charge is 2.15. The highest BCUT2D eigenvalue weighted by molar-refractivity contribution is 5.74. The summed E-state index contributed by atoms with van der Waals surface area (Å²) >= 11 is 0. The van der Waals surface area contributed by atoms with E-state index in [0.717, 1.165) is 25.9 Å². The van der Waals surface area contributed by atoms with Crippen molar-refractivity contribution in [2.24, 2.45) is 0 Å². The third-order valence-corrected chi connectivity index (χ3v) is 2.36. The van der Waals surface area contributed by atoms with Crippen molar-refractivity contribution in [2.45, 2.75) is 44.6 Å². The molecule has 1 atom stereocenters. The average molecular weight is 237 g/mol. The lowest BCUT2D eigenvalue weighted by atomic mass is 10.0. The van der Waals surface area contributed by atoms with Gasteiger partial charge in [-0.3, -0.25) is 9.63 Å². The van der Waals surface area contributed by atoms with Crippen molar-refractivity contribution in [2.75, 3.05) is 13.2 Å². The van der Waals surface area contributed by atoms with Crippen LogP contribution in [0.15, 0.2) is 0 Å². The van der Waals surface area contributed by atoms with Crippen LogP contribution in [-0.2, 0) is 14.4 Å². The van der Waals surface area contributed by atoms with Gasteiger partial charge in [-0.15, -0.1) is 0 Å². The Bertz CT molecular complexity index is 208. The van der Waals surface area contributed by atoms with E-state index >= 15 is 0 Å². The van der Waals surface area contributed by atoms with Crippen LogP contribution in [0.2, 0.25) is 0 Å². The maximum absolute atomic E-state index is 11.7.